The van der Waals surface area contributed by atoms with E-state index in [1.165, 1.54) is 13.2 Å². The number of pyridine rings is 1. The van der Waals surface area contributed by atoms with Crippen molar-refractivity contribution < 1.29 is 19.4 Å². The molecule has 150 valence electrons. The van der Waals surface area contributed by atoms with Gasteiger partial charge in [0.25, 0.3) is 0 Å². The van der Waals surface area contributed by atoms with Crippen molar-refractivity contribution in [3.63, 3.8) is 0 Å². The summed E-state index contributed by atoms with van der Waals surface area (Å²) in [5, 5.41) is 13.6. The van der Waals surface area contributed by atoms with Gasteiger partial charge in [0.15, 0.2) is 5.69 Å². The summed E-state index contributed by atoms with van der Waals surface area (Å²) < 4.78 is 12.5. The first kappa shape index (κ1) is 19.2. The number of hydrogen-bond acceptors (Lipinski definition) is 5. The predicted molar refractivity (Wildman–Crippen MR) is 111 cm³/mol. The molecule has 0 bridgehead atoms. The van der Waals surface area contributed by atoms with Crippen LogP contribution in [0.3, 0.4) is 0 Å². The highest BCUT2D eigenvalue weighted by Crippen LogP contribution is 2.27. The van der Waals surface area contributed by atoms with Crippen LogP contribution in [0, 0.1) is 0 Å². The van der Waals surface area contributed by atoms with Crippen molar-refractivity contribution in [2.24, 2.45) is 0 Å². The zero-order valence-corrected chi connectivity index (χ0v) is 16.2. The standard InChI is InChI=1S/C23H19N3O4/c1-29-22-12-9-18(14-24-22)26-21(13-20(25-26)23(27)28)17-7-10-19(11-8-17)30-15-16-5-3-2-4-6-16/h2-14H,15H2,1H3,(H,27,28). The lowest BCUT2D eigenvalue weighted by atomic mass is 10.1. The van der Waals surface area contributed by atoms with E-state index in [0.717, 1.165) is 16.9 Å². The number of nitrogens with zero attached hydrogens (tertiary/aromatic N) is 3. The number of carbonyl (C=O) groups is 1. The van der Waals surface area contributed by atoms with E-state index >= 15 is 0 Å². The number of carboxylic acid groups (broad SMARTS) is 1. The Labute approximate surface area is 173 Å². The van der Waals surface area contributed by atoms with Crippen molar-refractivity contribution in [2.75, 3.05) is 7.11 Å². The van der Waals surface area contributed by atoms with Gasteiger partial charge in [-0.05, 0) is 42.0 Å². The van der Waals surface area contributed by atoms with Gasteiger partial charge in [-0.2, -0.15) is 5.10 Å². The molecule has 0 saturated heterocycles. The minimum absolute atomic E-state index is 0.0507. The Balaban J connectivity index is 1.61. The minimum atomic E-state index is -1.10. The Morgan fingerprint density at radius 1 is 1.03 bits per heavy atom. The van der Waals surface area contributed by atoms with Crippen LogP contribution >= 0.6 is 0 Å². The fourth-order valence-electron chi connectivity index (χ4n) is 2.97. The average molecular weight is 401 g/mol. The van der Waals surface area contributed by atoms with Crippen LogP contribution in [-0.4, -0.2) is 33.0 Å². The van der Waals surface area contributed by atoms with Crippen LogP contribution in [0.25, 0.3) is 16.9 Å². The zero-order chi connectivity index (χ0) is 20.9. The maximum atomic E-state index is 11.5. The van der Waals surface area contributed by atoms with Gasteiger partial charge in [-0.3, -0.25) is 0 Å². The molecule has 2 aromatic heterocycles. The highest BCUT2D eigenvalue weighted by Gasteiger charge is 2.16. The number of aromatic nitrogens is 3. The van der Waals surface area contributed by atoms with Gasteiger partial charge in [0.1, 0.15) is 12.4 Å². The molecule has 0 fully saturated rings. The van der Waals surface area contributed by atoms with Crippen molar-refractivity contribution in [1.29, 1.82) is 0 Å². The fourth-order valence-corrected chi connectivity index (χ4v) is 2.97. The molecule has 0 aliphatic carbocycles. The highest BCUT2D eigenvalue weighted by molar-refractivity contribution is 5.87. The Hall–Kier alpha value is -4.13. The quantitative estimate of drug-likeness (QED) is 0.499. The van der Waals surface area contributed by atoms with Crippen LogP contribution in [0.4, 0.5) is 0 Å². The van der Waals surface area contributed by atoms with Crippen molar-refractivity contribution >= 4 is 5.97 Å². The molecule has 0 unspecified atom stereocenters. The molecule has 0 saturated carbocycles. The number of benzene rings is 2. The first-order valence-electron chi connectivity index (χ1n) is 9.25. The molecule has 0 aliphatic rings. The molecule has 4 aromatic rings. The number of rotatable bonds is 7. The van der Waals surface area contributed by atoms with Crippen LogP contribution < -0.4 is 9.47 Å². The summed E-state index contributed by atoms with van der Waals surface area (Å²) in [4.78, 5) is 15.7. The lowest BCUT2D eigenvalue weighted by Crippen LogP contribution is -2.03. The van der Waals surface area contributed by atoms with Gasteiger partial charge < -0.3 is 14.6 Å². The van der Waals surface area contributed by atoms with Crippen molar-refractivity contribution in [2.45, 2.75) is 6.61 Å². The van der Waals surface area contributed by atoms with E-state index in [2.05, 4.69) is 10.1 Å². The van der Waals surface area contributed by atoms with Crippen LogP contribution in [0.5, 0.6) is 11.6 Å². The SMILES string of the molecule is COc1ccc(-n2nc(C(=O)O)cc2-c2ccc(OCc3ccccc3)cc2)cn1. The van der Waals surface area contributed by atoms with Crippen LogP contribution in [0.1, 0.15) is 16.1 Å². The molecule has 2 aromatic carbocycles. The first-order chi connectivity index (χ1) is 14.6. The molecule has 0 aliphatic heterocycles. The summed E-state index contributed by atoms with van der Waals surface area (Å²) in [6, 6.07) is 22.3. The average Bonchev–Trinajstić information content (AvgIpc) is 3.25. The number of hydrogen-bond donors (Lipinski definition) is 1. The van der Waals surface area contributed by atoms with E-state index in [9.17, 15) is 9.90 Å². The molecule has 30 heavy (non-hydrogen) atoms. The molecule has 1 N–H and O–H groups in total. The van der Waals surface area contributed by atoms with Crippen molar-refractivity contribution in [3.05, 3.63) is 90.3 Å². The van der Waals surface area contributed by atoms with E-state index in [0.29, 0.717) is 23.9 Å². The second-order valence-electron chi connectivity index (χ2n) is 6.49. The van der Waals surface area contributed by atoms with Gasteiger partial charge in [0.05, 0.1) is 24.7 Å². The molecule has 0 spiro atoms. The summed E-state index contributed by atoms with van der Waals surface area (Å²) in [7, 11) is 1.53. The van der Waals surface area contributed by atoms with E-state index < -0.39 is 5.97 Å². The van der Waals surface area contributed by atoms with E-state index in [-0.39, 0.29) is 5.69 Å². The Morgan fingerprint density at radius 3 is 2.43 bits per heavy atom. The smallest absolute Gasteiger partial charge is 0.356 e. The monoisotopic (exact) mass is 401 g/mol. The lowest BCUT2D eigenvalue weighted by molar-refractivity contribution is 0.0690. The fraction of sp³-hybridized carbons (Fsp3) is 0.0870. The molecule has 0 radical (unpaired) electrons. The summed E-state index contributed by atoms with van der Waals surface area (Å²) in [5.74, 6) is 0.0864. The molecular formula is C23H19N3O4. The van der Waals surface area contributed by atoms with Crippen LogP contribution in [0.2, 0.25) is 0 Å². The predicted octanol–water partition coefficient (Wildman–Crippen LogP) is 4.22. The summed E-state index contributed by atoms with van der Waals surface area (Å²) in [5.41, 5.74) is 3.09. The third-order valence-electron chi connectivity index (χ3n) is 4.50. The van der Waals surface area contributed by atoms with Gasteiger partial charge in [-0.15, -0.1) is 0 Å². The summed E-state index contributed by atoms with van der Waals surface area (Å²) >= 11 is 0. The third kappa shape index (κ3) is 4.15. The number of carboxylic acids is 1. The van der Waals surface area contributed by atoms with Gasteiger partial charge in [-0.25, -0.2) is 14.5 Å². The van der Waals surface area contributed by atoms with Crippen LogP contribution in [0.15, 0.2) is 79.0 Å². The second kappa shape index (κ2) is 8.48. The zero-order valence-electron chi connectivity index (χ0n) is 16.2. The summed E-state index contributed by atoms with van der Waals surface area (Å²) in [6.45, 7) is 0.471. The molecule has 0 amide bonds. The first-order valence-corrected chi connectivity index (χ1v) is 9.25. The molecule has 7 heteroatoms. The second-order valence-corrected chi connectivity index (χ2v) is 6.49. The molecule has 4 rings (SSSR count). The largest absolute Gasteiger partial charge is 0.489 e. The topological polar surface area (TPSA) is 86.5 Å². The van der Waals surface area contributed by atoms with Gasteiger partial charge in [0, 0.05) is 11.6 Å². The minimum Gasteiger partial charge on any atom is -0.489 e. The van der Waals surface area contributed by atoms with Gasteiger partial charge in [-0.1, -0.05) is 30.3 Å². The molecule has 0 atom stereocenters. The van der Waals surface area contributed by atoms with Gasteiger partial charge in [0.2, 0.25) is 5.88 Å². The maximum absolute atomic E-state index is 11.5. The van der Waals surface area contributed by atoms with E-state index in [1.807, 2.05) is 54.6 Å². The van der Waals surface area contributed by atoms with Crippen molar-refractivity contribution in [3.8, 4) is 28.6 Å². The van der Waals surface area contributed by atoms with Gasteiger partial charge >= 0.3 is 5.97 Å². The Kier molecular flexibility index (Phi) is 5.43. The summed E-state index contributed by atoms with van der Waals surface area (Å²) in [6.07, 6.45) is 1.58. The Morgan fingerprint density at radius 2 is 1.80 bits per heavy atom. The number of aromatic carboxylic acids is 1. The van der Waals surface area contributed by atoms with Crippen molar-refractivity contribution in [1.82, 2.24) is 14.8 Å². The van der Waals surface area contributed by atoms with Crippen LogP contribution in [-0.2, 0) is 6.61 Å². The maximum Gasteiger partial charge on any atom is 0.356 e. The normalized spacial score (nSPS) is 10.6. The lowest BCUT2D eigenvalue weighted by Gasteiger charge is -2.10. The molecule has 2 heterocycles. The Bertz CT molecular complexity index is 1140. The molecular weight excluding hydrogens is 382 g/mol. The highest BCUT2D eigenvalue weighted by atomic mass is 16.5. The van der Waals surface area contributed by atoms with E-state index in [4.69, 9.17) is 9.47 Å². The third-order valence-corrected chi connectivity index (χ3v) is 4.50. The number of ether oxygens (including phenoxy) is 2. The number of methoxy groups -OCH3 is 1. The van der Waals surface area contributed by atoms with E-state index in [1.54, 1.807) is 23.0 Å². The molecule has 7 nitrogen and oxygen atoms in total.